The number of likely N-dealkylation sites (N-methyl/N-ethyl adjacent to an activating group) is 1. The summed E-state index contributed by atoms with van der Waals surface area (Å²) in [5, 5.41) is 10.5. The van der Waals surface area contributed by atoms with Crippen molar-refractivity contribution >= 4 is 22.6 Å². The Bertz CT molecular complexity index is 1290. The van der Waals surface area contributed by atoms with Crippen molar-refractivity contribution in [2.75, 3.05) is 20.1 Å². The molecule has 0 aliphatic heterocycles. The maximum Gasteiger partial charge on any atom is 0.266 e. The second-order valence-corrected chi connectivity index (χ2v) is 8.59. The van der Waals surface area contributed by atoms with Gasteiger partial charge in [-0.2, -0.15) is 5.10 Å². The van der Waals surface area contributed by atoms with Crippen molar-refractivity contribution in [3.8, 4) is 0 Å². The number of nitrogens with one attached hydrogen (secondary N) is 2. The molecule has 0 bridgehead atoms. The minimum absolute atomic E-state index is 0.172. The van der Waals surface area contributed by atoms with Crippen LogP contribution in [-0.2, 0) is 13.1 Å². The van der Waals surface area contributed by atoms with Crippen molar-refractivity contribution in [2.45, 2.75) is 32.5 Å². The van der Waals surface area contributed by atoms with Gasteiger partial charge in [-0.1, -0.05) is 61.0 Å². The van der Waals surface area contributed by atoms with E-state index < -0.39 is 0 Å². The van der Waals surface area contributed by atoms with E-state index in [1.807, 2.05) is 37.4 Å². The van der Waals surface area contributed by atoms with Gasteiger partial charge in [0.25, 0.3) is 5.56 Å². The molecule has 178 valence electrons. The SMILES string of the molecule is CCC(c1nc2n[nH]c(Cl)c2c(=O)n1Cc1ccccc1)N(CCNC)Cc1ccc(F)cc1. The molecule has 2 aromatic heterocycles. The van der Waals surface area contributed by atoms with E-state index in [4.69, 9.17) is 16.6 Å². The Morgan fingerprint density at radius 2 is 1.88 bits per heavy atom. The molecule has 1 unspecified atom stereocenters. The first-order valence-electron chi connectivity index (χ1n) is 11.3. The highest BCUT2D eigenvalue weighted by Crippen LogP contribution is 2.27. The Kier molecular flexibility index (Phi) is 7.72. The molecule has 0 aliphatic rings. The Labute approximate surface area is 202 Å². The van der Waals surface area contributed by atoms with Crippen LogP contribution < -0.4 is 10.9 Å². The highest BCUT2D eigenvalue weighted by Gasteiger charge is 2.26. The summed E-state index contributed by atoms with van der Waals surface area (Å²) in [4.78, 5) is 20.7. The molecule has 0 saturated heterocycles. The second kappa shape index (κ2) is 10.9. The molecule has 2 aromatic carbocycles. The number of hydrogen-bond donors (Lipinski definition) is 2. The third-order valence-corrected chi connectivity index (χ3v) is 6.19. The number of H-pyrrole nitrogens is 1. The third kappa shape index (κ3) is 5.19. The van der Waals surface area contributed by atoms with E-state index in [1.54, 1.807) is 16.7 Å². The number of hydrogen-bond acceptors (Lipinski definition) is 5. The highest BCUT2D eigenvalue weighted by molar-refractivity contribution is 6.33. The van der Waals surface area contributed by atoms with Crippen LogP contribution in [0.5, 0.6) is 0 Å². The van der Waals surface area contributed by atoms with Gasteiger partial charge in [-0.05, 0) is 36.7 Å². The molecule has 0 amide bonds. The van der Waals surface area contributed by atoms with Crippen LogP contribution >= 0.6 is 11.6 Å². The van der Waals surface area contributed by atoms with Gasteiger partial charge in [0, 0.05) is 19.6 Å². The summed E-state index contributed by atoms with van der Waals surface area (Å²) in [5.74, 6) is 0.363. The summed E-state index contributed by atoms with van der Waals surface area (Å²) in [6, 6.07) is 16.1. The van der Waals surface area contributed by atoms with E-state index in [9.17, 15) is 9.18 Å². The molecule has 0 fully saturated rings. The zero-order valence-electron chi connectivity index (χ0n) is 19.3. The van der Waals surface area contributed by atoms with E-state index in [-0.39, 0.29) is 28.0 Å². The van der Waals surface area contributed by atoms with Gasteiger partial charge < -0.3 is 5.32 Å². The lowest BCUT2D eigenvalue weighted by atomic mass is 10.1. The lowest BCUT2D eigenvalue weighted by Gasteiger charge is -2.32. The maximum atomic E-state index is 13.6. The van der Waals surface area contributed by atoms with E-state index in [2.05, 4.69) is 27.3 Å². The number of benzene rings is 2. The topological polar surface area (TPSA) is 78.8 Å². The molecule has 4 rings (SSSR count). The average molecular weight is 483 g/mol. The zero-order valence-corrected chi connectivity index (χ0v) is 20.0. The summed E-state index contributed by atoms with van der Waals surface area (Å²) >= 11 is 6.25. The quantitative estimate of drug-likeness (QED) is 0.355. The third-order valence-electron chi connectivity index (χ3n) is 5.92. The molecular formula is C25H28ClFN6O. The normalized spacial score (nSPS) is 12.5. The van der Waals surface area contributed by atoms with Gasteiger partial charge in [0.1, 0.15) is 22.2 Å². The lowest BCUT2D eigenvalue weighted by Crippen LogP contribution is -2.38. The fourth-order valence-corrected chi connectivity index (χ4v) is 4.40. The zero-order chi connectivity index (χ0) is 24.1. The van der Waals surface area contributed by atoms with Crippen LogP contribution in [0.4, 0.5) is 4.39 Å². The molecule has 0 saturated carbocycles. The predicted molar refractivity (Wildman–Crippen MR) is 132 cm³/mol. The number of nitrogens with zero attached hydrogens (tertiary/aromatic N) is 4. The Balaban J connectivity index is 1.81. The molecular weight excluding hydrogens is 455 g/mol. The minimum Gasteiger partial charge on any atom is -0.318 e. The first kappa shape index (κ1) is 24.1. The van der Waals surface area contributed by atoms with Gasteiger partial charge >= 0.3 is 0 Å². The summed E-state index contributed by atoms with van der Waals surface area (Å²) in [7, 11) is 1.90. The van der Waals surface area contributed by atoms with Crippen LogP contribution in [0.2, 0.25) is 5.15 Å². The molecule has 0 radical (unpaired) electrons. The number of aromatic nitrogens is 4. The fourth-order valence-electron chi connectivity index (χ4n) is 4.19. The van der Waals surface area contributed by atoms with E-state index in [0.29, 0.717) is 31.1 Å². The van der Waals surface area contributed by atoms with Crippen LogP contribution in [-0.4, -0.2) is 44.8 Å². The van der Waals surface area contributed by atoms with E-state index in [1.165, 1.54) is 12.1 Å². The van der Waals surface area contributed by atoms with Gasteiger partial charge in [-0.25, -0.2) is 9.37 Å². The van der Waals surface area contributed by atoms with Gasteiger partial charge in [-0.15, -0.1) is 0 Å². The van der Waals surface area contributed by atoms with E-state index >= 15 is 0 Å². The molecule has 1 atom stereocenters. The molecule has 4 aromatic rings. The summed E-state index contributed by atoms with van der Waals surface area (Å²) in [6.45, 7) is 4.49. The fraction of sp³-hybridized carbons (Fsp3) is 0.320. The van der Waals surface area contributed by atoms with Gasteiger partial charge in [0.05, 0.1) is 12.6 Å². The minimum atomic E-state index is -0.267. The monoisotopic (exact) mass is 482 g/mol. The van der Waals surface area contributed by atoms with Crippen molar-refractivity contribution in [1.29, 1.82) is 0 Å². The number of rotatable bonds is 10. The summed E-state index contributed by atoms with van der Waals surface area (Å²) < 4.78 is 15.2. The van der Waals surface area contributed by atoms with Crippen LogP contribution in [0.25, 0.3) is 11.0 Å². The molecule has 9 heteroatoms. The summed E-state index contributed by atoms with van der Waals surface area (Å²) in [5.41, 5.74) is 2.05. The number of fused-ring (bicyclic) bond motifs is 1. The number of aromatic amines is 1. The first-order chi connectivity index (χ1) is 16.5. The van der Waals surface area contributed by atoms with Crippen molar-refractivity contribution in [3.63, 3.8) is 0 Å². The molecule has 2 heterocycles. The highest BCUT2D eigenvalue weighted by atomic mass is 35.5. The Morgan fingerprint density at radius 3 is 2.56 bits per heavy atom. The Morgan fingerprint density at radius 1 is 1.15 bits per heavy atom. The summed E-state index contributed by atoms with van der Waals surface area (Å²) in [6.07, 6.45) is 0.718. The second-order valence-electron chi connectivity index (χ2n) is 8.21. The van der Waals surface area contributed by atoms with Crippen molar-refractivity contribution < 1.29 is 4.39 Å². The smallest absolute Gasteiger partial charge is 0.266 e. The molecule has 34 heavy (non-hydrogen) atoms. The standard InChI is InChI=1S/C25H28ClFN6O/c1-3-20(32(14-13-28-2)15-18-9-11-19(27)12-10-18)24-29-23-21(22(26)30-31-23)25(34)33(24)16-17-7-5-4-6-8-17/h4-12,20,28H,3,13-16H2,1-2H3,(H,30,31). The van der Waals surface area contributed by atoms with E-state index in [0.717, 1.165) is 24.1 Å². The van der Waals surface area contributed by atoms with Crippen molar-refractivity contribution in [2.24, 2.45) is 0 Å². The molecule has 7 nitrogen and oxygen atoms in total. The van der Waals surface area contributed by atoms with Gasteiger partial charge in [-0.3, -0.25) is 19.4 Å². The lowest BCUT2D eigenvalue weighted by molar-refractivity contribution is 0.172. The molecule has 0 aliphatic carbocycles. The van der Waals surface area contributed by atoms with Crippen molar-refractivity contribution in [3.05, 3.63) is 92.9 Å². The molecule has 0 spiro atoms. The first-order valence-corrected chi connectivity index (χ1v) is 11.7. The van der Waals surface area contributed by atoms with Crippen LogP contribution in [0.3, 0.4) is 0 Å². The van der Waals surface area contributed by atoms with Crippen LogP contribution in [0, 0.1) is 5.82 Å². The average Bonchev–Trinajstić information content (AvgIpc) is 3.22. The number of halogens is 2. The largest absolute Gasteiger partial charge is 0.318 e. The van der Waals surface area contributed by atoms with Gasteiger partial charge in [0.15, 0.2) is 5.65 Å². The maximum absolute atomic E-state index is 13.6. The van der Waals surface area contributed by atoms with Crippen molar-refractivity contribution in [1.82, 2.24) is 30.0 Å². The molecule has 2 N–H and O–H groups in total. The van der Waals surface area contributed by atoms with Crippen LogP contribution in [0.15, 0.2) is 59.4 Å². The van der Waals surface area contributed by atoms with Crippen LogP contribution in [0.1, 0.15) is 36.3 Å². The predicted octanol–water partition coefficient (Wildman–Crippen LogP) is 4.13. The van der Waals surface area contributed by atoms with Gasteiger partial charge in [0.2, 0.25) is 0 Å². The Hall–Kier alpha value is -3.07.